The second-order valence-electron chi connectivity index (χ2n) is 5.27. The molecule has 0 aromatic heterocycles. The third-order valence-corrected chi connectivity index (χ3v) is 3.41. The lowest BCUT2D eigenvalue weighted by atomic mass is 10.1. The predicted molar refractivity (Wildman–Crippen MR) is 93.4 cm³/mol. The van der Waals surface area contributed by atoms with Crippen LogP contribution in [0.15, 0.2) is 47.6 Å². The van der Waals surface area contributed by atoms with E-state index < -0.39 is 16.7 Å². The third-order valence-electron chi connectivity index (χ3n) is 3.41. The summed E-state index contributed by atoms with van der Waals surface area (Å²) >= 11 is 0. The van der Waals surface area contributed by atoms with E-state index in [1.54, 1.807) is 0 Å². The molecule has 0 radical (unpaired) electrons. The van der Waals surface area contributed by atoms with Crippen molar-refractivity contribution < 1.29 is 14.5 Å². The van der Waals surface area contributed by atoms with Crippen molar-refractivity contribution in [2.45, 2.75) is 13.8 Å². The standard InChI is InChI=1S/C17H16N4O4/c1-11-4-3-5-12(2)15(11)19-16(22)17(23)20-18-10-13-6-8-14(9-7-13)21(24)25/h3-10H,1-2H3,(H,19,22)(H,20,23)/b18-10-. The van der Waals surface area contributed by atoms with E-state index in [-0.39, 0.29) is 5.69 Å². The van der Waals surface area contributed by atoms with E-state index in [2.05, 4.69) is 15.8 Å². The van der Waals surface area contributed by atoms with Gasteiger partial charge in [-0.3, -0.25) is 19.7 Å². The van der Waals surface area contributed by atoms with Crippen LogP contribution in [0.1, 0.15) is 16.7 Å². The van der Waals surface area contributed by atoms with Crippen LogP contribution in [0.2, 0.25) is 0 Å². The van der Waals surface area contributed by atoms with Gasteiger partial charge in [0.1, 0.15) is 0 Å². The number of hydrogen-bond acceptors (Lipinski definition) is 5. The van der Waals surface area contributed by atoms with E-state index in [1.165, 1.54) is 30.5 Å². The molecule has 0 saturated heterocycles. The van der Waals surface area contributed by atoms with Gasteiger partial charge in [0.2, 0.25) is 0 Å². The van der Waals surface area contributed by atoms with E-state index >= 15 is 0 Å². The maximum atomic E-state index is 11.9. The van der Waals surface area contributed by atoms with E-state index in [4.69, 9.17) is 0 Å². The highest BCUT2D eigenvalue weighted by Crippen LogP contribution is 2.19. The fraction of sp³-hybridized carbons (Fsp3) is 0.118. The van der Waals surface area contributed by atoms with Crippen molar-refractivity contribution in [3.8, 4) is 0 Å². The van der Waals surface area contributed by atoms with Crippen LogP contribution in [0.4, 0.5) is 11.4 Å². The zero-order valence-electron chi connectivity index (χ0n) is 13.6. The van der Waals surface area contributed by atoms with Gasteiger partial charge in [-0.05, 0) is 42.7 Å². The molecular formula is C17H16N4O4. The Morgan fingerprint density at radius 3 is 2.20 bits per heavy atom. The Bertz CT molecular complexity index is 824. The van der Waals surface area contributed by atoms with Gasteiger partial charge in [-0.2, -0.15) is 5.10 Å². The van der Waals surface area contributed by atoms with E-state index in [0.29, 0.717) is 11.3 Å². The number of para-hydroxylation sites is 1. The number of rotatable bonds is 4. The molecule has 2 N–H and O–H groups in total. The molecule has 8 nitrogen and oxygen atoms in total. The number of aryl methyl sites for hydroxylation is 2. The molecule has 0 atom stereocenters. The van der Waals surface area contributed by atoms with Gasteiger partial charge < -0.3 is 5.32 Å². The van der Waals surface area contributed by atoms with Gasteiger partial charge in [0.25, 0.3) is 5.69 Å². The molecule has 0 aliphatic rings. The molecule has 0 spiro atoms. The monoisotopic (exact) mass is 340 g/mol. The van der Waals surface area contributed by atoms with E-state index in [1.807, 2.05) is 32.0 Å². The normalized spacial score (nSPS) is 10.5. The first-order valence-corrected chi connectivity index (χ1v) is 7.33. The van der Waals surface area contributed by atoms with Gasteiger partial charge in [-0.15, -0.1) is 0 Å². The number of non-ortho nitro benzene ring substituents is 1. The Kier molecular flexibility index (Phi) is 5.57. The maximum absolute atomic E-state index is 11.9. The summed E-state index contributed by atoms with van der Waals surface area (Å²) < 4.78 is 0. The number of hydrazone groups is 1. The van der Waals surface area contributed by atoms with Crippen LogP contribution >= 0.6 is 0 Å². The summed E-state index contributed by atoms with van der Waals surface area (Å²) in [6.45, 7) is 3.65. The molecule has 0 bridgehead atoms. The molecule has 2 aromatic rings. The van der Waals surface area contributed by atoms with Crippen LogP contribution < -0.4 is 10.7 Å². The number of carbonyl (C=O) groups is 2. The number of hydrogen-bond donors (Lipinski definition) is 2. The number of nitrogens with one attached hydrogen (secondary N) is 2. The summed E-state index contributed by atoms with van der Waals surface area (Å²) in [5.74, 6) is -1.75. The minimum atomic E-state index is -0.916. The largest absolute Gasteiger partial charge is 0.329 e. The summed E-state index contributed by atoms with van der Waals surface area (Å²) in [7, 11) is 0. The Hall–Kier alpha value is -3.55. The number of carbonyl (C=O) groups excluding carboxylic acids is 2. The van der Waals surface area contributed by atoms with Gasteiger partial charge >= 0.3 is 11.8 Å². The molecule has 2 rings (SSSR count). The minimum absolute atomic E-state index is 0.0471. The first-order valence-electron chi connectivity index (χ1n) is 7.33. The Balaban J connectivity index is 1.95. The summed E-state index contributed by atoms with van der Waals surface area (Å²) in [4.78, 5) is 33.7. The van der Waals surface area contributed by atoms with Gasteiger partial charge in [-0.25, -0.2) is 5.43 Å². The van der Waals surface area contributed by atoms with Crippen LogP contribution in [0, 0.1) is 24.0 Å². The van der Waals surface area contributed by atoms with Crippen LogP contribution in [0.3, 0.4) is 0 Å². The highest BCUT2D eigenvalue weighted by Gasteiger charge is 2.15. The number of nitrogens with zero attached hydrogens (tertiary/aromatic N) is 2. The fourth-order valence-corrected chi connectivity index (χ4v) is 2.08. The number of nitro groups is 1. The fourth-order valence-electron chi connectivity index (χ4n) is 2.08. The zero-order valence-corrected chi connectivity index (χ0v) is 13.6. The molecule has 128 valence electrons. The number of nitro benzene ring substituents is 1. The number of anilines is 1. The Morgan fingerprint density at radius 2 is 1.64 bits per heavy atom. The van der Waals surface area contributed by atoms with Crippen LogP contribution in [0.5, 0.6) is 0 Å². The molecule has 0 aliphatic carbocycles. The molecule has 8 heteroatoms. The lowest BCUT2D eigenvalue weighted by Gasteiger charge is -2.10. The van der Waals surface area contributed by atoms with Crippen molar-refractivity contribution in [3.05, 3.63) is 69.3 Å². The molecule has 0 heterocycles. The van der Waals surface area contributed by atoms with Crippen molar-refractivity contribution in [1.29, 1.82) is 0 Å². The summed E-state index contributed by atoms with van der Waals surface area (Å²) in [6.07, 6.45) is 1.29. The Labute approximate surface area is 143 Å². The molecule has 0 aliphatic heterocycles. The SMILES string of the molecule is Cc1cccc(C)c1NC(=O)C(=O)N/N=C\c1ccc([N+](=O)[O-])cc1. The first-order chi connectivity index (χ1) is 11.9. The zero-order chi connectivity index (χ0) is 18.4. The molecule has 0 fully saturated rings. The van der Waals surface area contributed by atoms with Gasteiger partial charge in [-0.1, -0.05) is 18.2 Å². The van der Waals surface area contributed by atoms with Crippen molar-refractivity contribution in [2.24, 2.45) is 5.10 Å². The third kappa shape index (κ3) is 4.71. The number of amides is 2. The van der Waals surface area contributed by atoms with Crippen LogP contribution in [0.25, 0.3) is 0 Å². The summed E-state index contributed by atoms with van der Waals surface area (Å²) in [6, 6.07) is 11.1. The van der Waals surface area contributed by atoms with E-state index in [0.717, 1.165) is 11.1 Å². The minimum Gasteiger partial charge on any atom is -0.317 e. The highest BCUT2D eigenvalue weighted by atomic mass is 16.6. The highest BCUT2D eigenvalue weighted by molar-refractivity contribution is 6.39. The smallest absolute Gasteiger partial charge is 0.317 e. The molecule has 0 unspecified atom stereocenters. The molecule has 2 aromatic carbocycles. The van der Waals surface area contributed by atoms with E-state index in [9.17, 15) is 19.7 Å². The Morgan fingerprint density at radius 1 is 1.04 bits per heavy atom. The van der Waals surface area contributed by atoms with Crippen LogP contribution in [-0.4, -0.2) is 23.0 Å². The van der Waals surface area contributed by atoms with Crippen molar-refractivity contribution in [2.75, 3.05) is 5.32 Å². The predicted octanol–water partition coefficient (Wildman–Crippen LogP) is 2.30. The lowest BCUT2D eigenvalue weighted by molar-refractivity contribution is -0.384. The first kappa shape index (κ1) is 17.8. The van der Waals surface area contributed by atoms with Crippen molar-refractivity contribution >= 4 is 29.4 Å². The maximum Gasteiger partial charge on any atom is 0.329 e. The average Bonchev–Trinajstić information content (AvgIpc) is 2.58. The lowest BCUT2D eigenvalue weighted by Crippen LogP contribution is -2.32. The molecule has 2 amide bonds. The molecule has 0 saturated carbocycles. The van der Waals surface area contributed by atoms with Crippen LogP contribution in [-0.2, 0) is 9.59 Å². The van der Waals surface area contributed by atoms with Crippen molar-refractivity contribution in [3.63, 3.8) is 0 Å². The van der Waals surface area contributed by atoms with Crippen molar-refractivity contribution in [1.82, 2.24) is 5.43 Å². The quantitative estimate of drug-likeness (QED) is 0.385. The van der Waals surface area contributed by atoms with Gasteiger partial charge in [0.05, 0.1) is 11.1 Å². The molecule has 25 heavy (non-hydrogen) atoms. The second-order valence-corrected chi connectivity index (χ2v) is 5.27. The van der Waals surface area contributed by atoms with Gasteiger partial charge in [0.15, 0.2) is 0 Å². The topological polar surface area (TPSA) is 114 Å². The summed E-state index contributed by atoms with van der Waals surface area (Å²) in [5.41, 5.74) is 4.88. The summed E-state index contributed by atoms with van der Waals surface area (Å²) in [5, 5.41) is 16.8. The number of benzene rings is 2. The average molecular weight is 340 g/mol. The molecular weight excluding hydrogens is 324 g/mol. The van der Waals surface area contributed by atoms with Gasteiger partial charge in [0, 0.05) is 17.8 Å². The second kappa shape index (κ2) is 7.82.